The fraction of sp³-hybridized carbons (Fsp3) is 0.235. The van der Waals surface area contributed by atoms with Gasteiger partial charge in [0, 0.05) is 6.42 Å². The van der Waals surface area contributed by atoms with Gasteiger partial charge in [-0.3, -0.25) is 14.9 Å². The first-order valence-electron chi connectivity index (χ1n) is 7.43. The van der Waals surface area contributed by atoms with Crippen molar-refractivity contribution in [3.8, 4) is 0 Å². The molecule has 6 heteroatoms. The summed E-state index contributed by atoms with van der Waals surface area (Å²) in [7, 11) is 0. The molecule has 6 nitrogen and oxygen atoms in total. The lowest BCUT2D eigenvalue weighted by atomic mass is 9.91. The van der Waals surface area contributed by atoms with Gasteiger partial charge < -0.3 is 9.63 Å². The molecule has 0 radical (unpaired) electrons. The molecule has 1 aliphatic heterocycles. The van der Waals surface area contributed by atoms with Crippen molar-refractivity contribution in [2.75, 3.05) is 0 Å². The maximum atomic E-state index is 12.1. The number of aliphatic hydroxyl groups is 1. The van der Waals surface area contributed by atoms with E-state index in [9.17, 15) is 14.7 Å². The second-order valence-electron chi connectivity index (χ2n) is 5.72. The summed E-state index contributed by atoms with van der Waals surface area (Å²) in [6, 6.07) is 9.34. The second kappa shape index (κ2) is 5.17. The Morgan fingerprint density at radius 2 is 2.13 bits per heavy atom. The lowest BCUT2D eigenvalue weighted by Crippen LogP contribution is -2.39. The lowest BCUT2D eigenvalue weighted by Gasteiger charge is -2.19. The minimum absolute atomic E-state index is 0.0301. The zero-order valence-electron chi connectivity index (χ0n) is 12.2. The molecule has 2 N–H and O–H groups in total. The predicted molar refractivity (Wildman–Crippen MR) is 82.6 cm³/mol. The number of hydrogen-bond acceptors (Lipinski definition) is 5. The molecule has 2 heterocycles. The number of imide groups is 1. The van der Waals surface area contributed by atoms with E-state index < -0.39 is 5.92 Å². The number of aliphatic hydroxyl groups excluding tert-OH is 1. The van der Waals surface area contributed by atoms with Gasteiger partial charge >= 0.3 is 0 Å². The average molecular weight is 310 g/mol. The molecular formula is C17H14N2O4. The highest BCUT2D eigenvalue weighted by Gasteiger charge is 2.32. The molecule has 2 aromatic carbocycles. The Morgan fingerprint density at radius 3 is 2.91 bits per heavy atom. The molecule has 0 aliphatic carbocycles. The first-order valence-corrected chi connectivity index (χ1v) is 7.43. The van der Waals surface area contributed by atoms with Crippen LogP contribution in [0.2, 0.25) is 0 Å². The van der Waals surface area contributed by atoms with Crippen LogP contribution in [-0.2, 0) is 16.2 Å². The molecule has 0 saturated carbocycles. The van der Waals surface area contributed by atoms with Gasteiger partial charge in [-0.2, -0.15) is 0 Å². The van der Waals surface area contributed by atoms with Crippen molar-refractivity contribution in [2.45, 2.75) is 25.4 Å². The highest BCUT2D eigenvalue weighted by molar-refractivity contribution is 6.10. The van der Waals surface area contributed by atoms with Crippen LogP contribution in [0.3, 0.4) is 0 Å². The molecule has 2 amide bonds. The highest BCUT2D eigenvalue weighted by atomic mass is 16.5. The van der Waals surface area contributed by atoms with E-state index in [1.54, 1.807) is 6.07 Å². The molecule has 116 valence electrons. The molecule has 1 aliphatic rings. The smallest absolute Gasteiger partial charge is 0.235 e. The van der Waals surface area contributed by atoms with Crippen LogP contribution in [0.25, 0.3) is 21.7 Å². The molecule has 0 unspecified atom stereocenters. The van der Waals surface area contributed by atoms with E-state index in [1.165, 1.54) is 0 Å². The molecule has 1 saturated heterocycles. The van der Waals surface area contributed by atoms with Gasteiger partial charge in [-0.15, -0.1) is 0 Å². The number of hydrogen-bond donors (Lipinski definition) is 2. The molecule has 23 heavy (non-hydrogen) atoms. The third-order valence-electron chi connectivity index (χ3n) is 4.30. The summed E-state index contributed by atoms with van der Waals surface area (Å²) >= 11 is 0. The lowest BCUT2D eigenvalue weighted by molar-refractivity contribution is -0.134. The van der Waals surface area contributed by atoms with Crippen LogP contribution in [0.1, 0.15) is 30.0 Å². The van der Waals surface area contributed by atoms with Crippen LogP contribution in [0.15, 0.2) is 34.9 Å². The normalized spacial score (nSPS) is 18.6. The highest BCUT2D eigenvalue weighted by Crippen LogP contribution is 2.35. The number of nitrogens with one attached hydrogen (secondary N) is 1. The number of rotatable bonds is 2. The molecule has 3 aromatic rings. The van der Waals surface area contributed by atoms with E-state index in [-0.39, 0.29) is 18.4 Å². The topological polar surface area (TPSA) is 92.4 Å². The monoisotopic (exact) mass is 310 g/mol. The second-order valence-corrected chi connectivity index (χ2v) is 5.72. The summed E-state index contributed by atoms with van der Waals surface area (Å²) in [6.07, 6.45) is 0.724. The molecule has 4 rings (SSSR count). The largest absolute Gasteiger partial charge is 0.392 e. The summed E-state index contributed by atoms with van der Waals surface area (Å²) in [4.78, 5) is 23.5. The Hall–Kier alpha value is -2.73. The third-order valence-corrected chi connectivity index (χ3v) is 4.30. The van der Waals surface area contributed by atoms with E-state index in [0.717, 1.165) is 21.7 Å². The molecule has 1 fully saturated rings. The van der Waals surface area contributed by atoms with Crippen LogP contribution < -0.4 is 5.32 Å². The summed E-state index contributed by atoms with van der Waals surface area (Å²) in [5.74, 6) is -1.08. The number of aromatic nitrogens is 1. The van der Waals surface area contributed by atoms with Crippen molar-refractivity contribution in [2.24, 2.45) is 0 Å². The molecular weight excluding hydrogens is 296 g/mol. The molecule has 1 atom stereocenters. The summed E-state index contributed by atoms with van der Waals surface area (Å²) < 4.78 is 5.38. The number of carbonyl (C=O) groups is 2. The maximum absolute atomic E-state index is 12.1. The Kier molecular flexibility index (Phi) is 3.12. The van der Waals surface area contributed by atoms with Crippen molar-refractivity contribution in [3.05, 3.63) is 41.6 Å². The Bertz CT molecular complexity index is 944. The van der Waals surface area contributed by atoms with Crippen LogP contribution in [0.4, 0.5) is 0 Å². The van der Waals surface area contributed by atoms with E-state index >= 15 is 0 Å². The number of nitrogens with zero attached hydrogens (tertiary/aromatic N) is 1. The van der Waals surface area contributed by atoms with Crippen LogP contribution in [0.5, 0.6) is 0 Å². The third kappa shape index (κ3) is 2.19. The first kappa shape index (κ1) is 13.9. The van der Waals surface area contributed by atoms with Gasteiger partial charge in [0.1, 0.15) is 5.69 Å². The summed E-state index contributed by atoms with van der Waals surface area (Å²) in [5.41, 5.74) is 1.98. The van der Waals surface area contributed by atoms with Gasteiger partial charge in [-0.1, -0.05) is 23.4 Å². The number of carbonyl (C=O) groups excluding carboxylic acids is 2. The standard InChI is InChI=1S/C17H14N2O4/c20-8-9-1-3-11-10(7-9)2-5-13-15(11)16(19-23-13)12-4-6-14(21)18-17(12)22/h1-3,5,7,12,20H,4,6,8H2,(H,18,21,22)/t12-/m1/s1. The SMILES string of the molecule is O=C1CC[C@H](c2noc3ccc4cc(CO)ccc4c23)C(=O)N1. The molecule has 0 spiro atoms. The van der Waals surface area contributed by atoms with Gasteiger partial charge in [-0.05, 0) is 34.9 Å². The number of piperidine rings is 1. The first-order chi connectivity index (χ1) is 11.2. The number of amides is 2. The Morgan fingerprint density at radius 1 is 1.26 bits per heavy atom. The summed E-state index contributed by atoms with van der Waals surface area (Å²) in [6.45, 7) is -0.0301. The Labute approximate surface area is 131 Å². The number of fused-ring (bicyclic) bond motifs is 3. The molecule has 0 bridgehead atoms. The van der Waals surface area contributed by atoms with Gasteiger partial charge in [0.15, 0.2) is 5.58 Å². The van der Waals surface area contributed by atoms with Crippen molar-refractivity contribution in [1.29, 1.82) is 0 Å². The van der Waals surface area contributed by atoms with Gasteiger partial charge in [-0.25, -0.2) is 0 Å². The minimum Gasteiger partial charge on any atom is -0.392 e. The molecule has 1 aromatic heterocycles. The quantitative estimate of drug-likeness (QED) is 0.706. The van der Waals surface area contributed by atoms with Crippen molar-refractivity contribution < 1.29 is 19.2 Å². The van der Waals surface area contributed by atoms with Gasteiger partial charge in [0.2, 0.25) is 11.8 Å². The fourth-order valence-corrected chi connectivity index (χ4v) is 3.13. The van der Waals surface area contributed by atoms with Crippen LogP contribution in [0, 0.1) is 0 Å². The van der Waals surface area contributed by atoms with E-state index in [4.69, 9.17) is 4.52 Å². The van der Waals surface area contributed by atoms with Crippen LogP contribution >= 0.6 is 0 Å². The zero-order chi connectivity index (χ0) is 16.0. The Balaban J connectivity index is 1.92. The minimum atomic E-state index is -0.489. The van der Waals surface area contributed by atoms with Crippen molar-refractivity contribution in [3.63, 3.8) is 0 Å². The van der Waals surface area contributed by atoms with E-state index in [2.05, 4.69) is 10.5 Å². The summed E-state index contributed by atoms with van der Waals surface area (Å²) in [5, 5.41) is 18.4. The van der Waals surface area contributed by atoms with E-state index in [1.807, 2.05) is 24.3 Å². The average Bonchev–Trinajstić information content (AvgIpc) is 2.98. The van der Waals surface area contributed by atoms with Crippen LogP contribution in [-0.4, -0.2) is 22.1 Å². The van der Waals surface area contributed by atoms with Crippen molar-refractivity contribution in [1.82, 2.24) is 10.5 Å². The van der Waals surface area contributed by atoms with Gasteiger partial charge in [0.25, 0.3) is 0 Å². The van der Waals surface area contributed by atoms with Crippen molar-refractivity contribution >= 4 is 33.6 Å². The van der Waals surface area contributed by atoms with E-state index in [0.29, 0.717) is 24.1 Å². The zero-order valence-corrected chi connectivity index (χ0v) is 12.2. The predicted octanol–water partition coefficient (Wildman–Crippen LogP) is 1.99. The maximum Gasteiger partial charge on any atom is 0.235 e. The number of benzene rings is 2. The van der Waals surface area contributed by atoms with Gasteiger partial charge in [0.05, 0.1) is 17.9 Å². The fourth-order valence-electron chi connectivity index (χ4n) is 3.13.